The predicted molar refractivity (Wildman–Crippen MR) is 84.0 cm³/mol. The normalized spacial score (nSPS) is 12.1. The van der Waals surface area contributed by atoms with Gasteiger partial charge in [-0.15, -0.1) is 0 Å². The molecular weight excluding hydrogens is 250 g/mol. The molecule has 0 amide bonds. The highest BCUT2D eigenvalue weighted by Crippen LogP contribution is 2.17. The largest absolute Gasteiger partial charge is 0.497 e. The van der Waals surface area contributed by atoms with E-state index < -0.39 is 5.54 Å². The summed E-state index contributed by atoms with van der Waals surface area (Å²) in [6.07, 6.45) is 3.52. The van der Waals surface area contributed by atoms with Gasteiger partial charge in [0.1, 0.15) is 5.75 Å². The first-order valence-corrected chi connectivity index (χ1v) is 7.07. The Hall–Kier alpha value is -1.61. The maximum atomic E-state index is 12.4. The average molecular weight is 275 g/mol. The van der Waals surface area contributed by atoms with Gasteiger partial charge in [-0.05, 0) is 50.7 Å². The van der Waals surface area contributed by atoms with Gasteiger partial charge in [-0.3, -0.25) is 9.69 Å². The summed E-state index contributed by atoms with van der Waals surface area (Å²) in [5, 5.41) is 0. The first-order valence-electron chi connectivity index (χ1n) is 7.07. The lowest BCUT2D eigenvalue weighted by molar-refractivity contribution is -0.124. The SMILES string of the molecule is CCN(CC)C(C)(C)C(=O)C=Cc1ccc(OC)cc1. The van der Waals surface area contributed by atoms with Gasteiger partial charge in [-0.25, -0.2) is 0 Å². The van der Waals surface area contributed by atoms with E-state index in [1.165, 1.54) is 0 Å². The molecule has 0 aliphatic carbocycles. The number of methoxy groups -OCH3 is 1. The van der Waals surface area contributed by atoms with Crippen LogP contribution in [0.3, 0.4) is 0 Å². The minimum atomic E-state index is -0.466. The number of nitrogens with zero attached hydrogens (tertiary/aromatic N) is 1. The zero-order valence-electron chi connectivity index (χ0n) is 13.1. The van der Waals surface area contributed by atoms with Crippen LogP contribution in [0.4, 0.5) is 0 Å². The molecule has 0 bridgehead atoms. The van der Waals surface area contributed by atoms with Crippen LogP contribution in [0, 0.1) is 0 Å². The summed E-state index contributed by atoms with van der Waals surface area (Å²) in [7, 11) is 1.64. The fraction of sp³-hybridized carbons (Fsp3) is 0.471. The molecule has 0 fully saturated rings. The molecular formula is C17H25NO2. The van der Waals surface area contributed by atoms with Crippen molar-refractivity contribution in [1.29, 1.82) is 0 Å². The lowest BCUT2D eigenvalue weighted by Crippen LogP contribution is -2.49. The molecule has 0 saturated heterocycles. The van der Waals surface area contributed by atoms with E-state index in [1.807, 2.05) is 44.2 Å². The predicted octanol–water partition coefficient (Wildman–Crippen LogP) is 3.40. The van der Waals surface area contributed by atoms with Crippen molar-refractivity contribution in [1.82, 2.24) is 4.90 Å². The molecule has 3 nitrogen and oxygen atoms in total. The molecule has 1 aromatic rings. The fourth-order valence-electron chi connectivity index (χ4n) is 2.26. The highest BCUT2D eigenvalue weighted by molar-refractivity contribution is 6.00. The van der Waals surface area contributed by atoms with E-state index in [1.54, 1.807) is 13.2 Å². The van der Waals surface area contributed by atoms with Crippen molar-refractivity contribution in [3.05, 3.63) is 35.9 Å². The molecule has 0 heterocycles. The molecule has 110 valence electrons. The second-order valence-electron chi connectivity index (χ2n) is 5.20. The molecule has 0 radical (unpaired) electrons. The molecule has 0 atom stereocenters. The fourth-order valence-corrected chi connectivity index (χ4v) is 2.26. The maximum Gasteiger partial charge on any atom is 0.175 e. The number of carbonyl (C=O) groups excluding carboxylic acids is 1. The molecule has 0 spiro atoms. The van der Waals surface area contributed by atoms with Crippen LogP contribution in [0.1, 0.15) is 33.3 Å². The summed E-state index contributed by atoms with van der Waals surface area (Å²) in [6, 6.07) is 7.65. The molecule has 0 unspecified atom stereocenters. The van der Waals surface area contributed by atoms with Crippen molar-refractivity contribution >= 4 is 11.9 Å². The third-order valence-electron chi connectivity index (χ3n) is 3.70. The van der Waals surface area contributed by atoms with Crippen molar-refractivity contribution in [2.75, 3.05) is 20.2 Å². The second kappa shape index (κ2) is 7.25. The molecule has 1 rings (SSSR count). The van der Waals surface area contributed by atoms with Crippen molar-refractivity contribution in [3.63, 3.8) is 0 Å². The highest BCUT2D eigenvalue weighted by Gasteiger charge is 2.30. The van der Waals surface area contributed by atoms with Gasteiger partial charge in [0.2, 0.25) is 0 Å². The molecule has 3 heteroatoms. The zero-order valence-corrected chi connectivity index (χ0v) is 13.1. The Labute approximate surface area is 122 Å². The number of benzene rings is 1. The van der Waals surface area contributed by atoms with E-state index in [9.17, 15) is 4.79 Å². The standard InChI is InChI=1S/C17H25NO2/c1-6-18(7-2)17(3,4)16(19)13-10-14-8-11-15(20-5)12-9-14/h8-13H,6-7H2,1-5H3. The molecule has 1 aromatic carbocycles. The van der Waals surface area contributed by atoms with Crippen molar-refractivity contribution in [2.45, 2.75) is 33.2 Å². The Morgan fingerprint density at radius 2 is 1.75 bits per heavy atom. The Bertz CT molecular complexity index is 456. The lowest BCUT2D eigenvalue weighted by atomic mass is 9.95. The van der Waals surface area contributed by atoms with Gasteiger partial charge >= 0.3 is 0 Å². The number of hydrogen-bond acceptors (Lipinski definition) is 3. The smallest absolute Gasteiger partial charge is 0.175 e. The average Bonchev–Trinajstić information content (AvgIpc) is 2.46. The summed E-state index contributed by atoms with van der Waals surface area (Å²) in [6.45, 7) is 9.83. The topological polar surface area (TPSA) is 29.5 Å². The molecule has 0 N–H and O–H groups in total. The minimum Gasteiger partial charge on any atom is -0.497 e. The van der Waals surface area contributed by atoms with Crippen LogP contribution in [0.5, 0.6) is 5.75 Å². The van der Waals surface area contributed by atoms with E-state index in [0.717, 1.165) is 24.4 Å². The highest BCUT2D eigenvalue weighted by atomic mass is 16.5. The third kappa shape index (κ3) is 3.94. The molecule has 20 heavy (non-hydrogen) atoms. The Morgan fingerprint density at radius 1 is 1.20 bits per heavy atom. The van der Waals surface area contributed by atoms with Gasteiger partial charge in [0.15, 0.2) is 5.78 Å². The van der Waals surface area contributed by atoms with Crippen LogP contribution < -0.4 is 4.74 Å². The van der Waals surface area contributed by atoms with Gasteiger partial charge < -0.3 is 4.74 Å². The van der Waals surface area contributed by atoms with Crippen LogP contribution in [0.15, 0.2) is 30.3 Å². The van der Waals surface area contributed by atoms with Crippen LogP contribution in [-0.2, 0) is 4.79 Å². The van der Waals surface area contributed by atoms with E-state index in [4.69, 9.17) is 4.74 Å². The summed E-state index contributed by atoms with van der Waals surface area (Å²) >= 11 is 0. The first-order chi connectivity index (χ1) is 9.45. The minimum absolute atomic E-state index is 0.122. The van der Waals surface area contributed by atoms with Crippen molar-refractivity contribution in [2.24, 2.45) is 0 Å². The van der Waals surface area contributed by atoms with Gasteiger partial charge in [-0.2, -0.15) is 0 Å². The number of hydrogen-bond donors (Lipinski definition) is 0. The monoisotopic (exact) mass is 275 g/mol. The number of rotatable bonds is 7. The third-order valence-corrected chi connectivity index (χ3v) is 3.70. The quantitative estimate of drug-likeness (QED) is 0.714. The van der Waals surface area contributed by atoms with Gasteiger partial charge in [0.25, 0.3) is 0 Å². The van der Waals surface area contributed by atoms with E-state index in [2.05, 4.69) is 18.7 Å². The maximum absolute atomic E-state index is 12.4. The number of ketones is 1. The summed E-state index contributed by atoms with van der Waals surface area (Å²) in [5.41, 5.74) is 0.529. The first kappa shape index (κ1) is 16.4. The number of likely N-dealkylation sites (N-methyl/N-ethyl adjacent to an activating group) is 1. The van der Waals surface area contributed by atoms with Crippen molar-refractivity contribution in [3.8, 4) is 5.75 Å². The Morgan fingerprint density at radius 3 is 2.20 bits per heavy atom. The second-order valence-corrected chi connectivity index (χ2v) is 5.20. The Balaban J connectivity index is 2.80. The molecule has 0 saturated carbocycles. The van der Waals surface area contributed by atoms with Gasteiger partial charge in [0.05, 0.1) is 12.6 Å². The summed E-state index contributed by atoms with van der Waals surface area (Å²) in [4.78, 5) is 14.5. The van der Waals surface area contributed by atoms with Crippen molar-refractivity contribution < 1.29 is 9.53 Å². The summed E-state index contributed by atoms with van der Waals surface area (Å²) < 4.78 is 5.11. The Kier molecular flexibility index (Phi) is 5.96. The molecule has 0 aliphatic rings. The van der Waals surface area contributed by atoms with Crippen LogP contribution in [0.25, 0.3) is 6.08 Å². The van der Waals surface area contributed by atoms with E-state index >= 15 is 0 Å². The van der Waals surface area contributed by atoms with Crippen LogP contribution >= 0.6 is 0 Å². The number of ether oxygens (including phenoxy) is 1. The van der Waals surface area contributed by atoms with Gasteiger partial charge in [-0.1, -0.05) is 32.1 Å². The van der Waals surface area contributed by atoms with Crippen LogP contribution in [-0.4, -0.2) is 36.4 Å². The number of carbonyl (C=O) groups is 1. The summed E-state index contributed by atoms with van der Waals surface area (Å²) in [5.74, 6) is 0.939. The molecule has 0 aliphatic heterocycles. The van der Waals surface area contributed by atoms with Gasteiger partial charge in [0, 0.05) is 0 Å². The van der Waals surface area contributed by atoms with E-state index in [0.29, 0.717) is 0 Å². The van der Waals surface area contributed by atoms with E-state index in [-0.39, 0.29) is 5.78 Å². The lowest BCUT2D eigenvalue weighted by Gasteiger charge is -2.34. The van der Waals surface area contributed by atoms with Crippen LogP contribution in [0.2, 0.25) is 0 Å². The zero-order chi connectivity index (χ0) is 15.2. The molecule has 0 aromatic heterocycles.